The molecule has 0 saturated carbocycles. The van der Waals surface area contributed by atoms with E-state index in [1.807, 2.05) is 12.1 Å². The van der Waals surface area contributed by atoms with Gasteiger partial charge in [-0.1, -0.05) is 0 Å². The largest absolute Gasteiger partial charge is 0.369 e. The van der Waals surface area contributed by atoms with Crippen LogP contribution < -0.4 is 4.90 Å². The quantitative estimate of drug-likeness (QED) is 0.827. The van der Waals surface area contributed by atoms with Gasteiger partial charge < -0.3 is 9.47 Å². The molecule has 5 nitrogen and oxygen atoms in total. The number of likely N-dealkylation sites (tertiary alicyclic amines) is 1. The smallest absolute Gasteiger partial charge is 0.123 e. The van der Waals surface area contributed by atoms with Gasteiger partial charge >= 0.3 is 0 Å². The van der Waals surface area contributed by atoms with Crippen molar-refractivity contribution in [3.63, 3.8) is 0 Å². The molecule has 0 spiro atoms. The van der Waals surface area contributed by atoms with Crippen LogP contribution in [0, 0.1) is 5.82 Å². The third-order valence-electron chi connectivity index (χ3n) is 6.41. The summed E-state index contributed by atoms with van der Waals surface area (Å²) < 4.78 is 15.5. The maximum absolute atomic E-state index is 13.1. The average molecular weight is 369 g/mol. The van der Waals surface area contributed by atoms with Crippen LogP contribution in [0.4, 0.5) is 10.1 Å². The summed E-state index contributed by atoms with van der Waals surface area (Å²) in [7, 11) is 0. The van der Waals surface area contributed by atoms with Crippen LogP contribution in [0.1, 0.15) is 24.4 Å². The molecule has 0 aliphatic carbocycles. The third kappa shape index (κ3) is 3.48. The minimum atomic E-state index is -0.161. The molecule has 6 heteroatoms. The van der Waals surface area contributed by atoms with E-state index in [1.54, 1.807) is 12.1 Å². The van der Waals surface area contributed by atoms with Crippen molar-refractivity contribution in [2.24, 2.45) is 0 Å². The number of rotatable bonds is 4. The Balaban J connectivity index is 1.10. The molecule has 0 bridgehead atoms. The van der Waals surface area contributed by atoms with Crippen molar-refractivity contribution < 1.29 is 4.39 Å². The van der Waals surface area contributed by atoms with E-state index < -0.39 is 0 Å². The first-order valence-corrected chi connectivity index (χ1v) is 10.3. The Labute approximate surface area is 160 Å². The lowest BCUT2D eigenvalue weighted by atomic mass is 10.1. The van der Waals surface area contributed by atoms with Crippen molar-refractivity contribution in [3.05, 3.63) is 47.8 Å². The highest BCUT2D eigenvalue weighted by Crippen LogP contribution is 2.23. The molecule has 3 aliphatic rings. The molecule has 0 unspecified atom stereocenters. The molecule has 2 aromatic rings. The topological polar surface area (TPSA) is 27.5 Å². The zero-order valence-corrected chi connectivity index (χ0v) is 15.9. The number of aryl methyl sites for hydroxylation is 1. The Hall–Kier alpha value is -1.92. The molecule has 2 saturated heterocycles. The molecule has 144 valence electrons. The van der Waals surface area contributed by atoms with Crippen LogP contribution in [-0.2, 0) is 19.5 Å². The van der Waals surface area contributed by atoms with Crippen molar-refractivity contribution in [1.82, 2.24) is 19.4 Å². The molecule has 4 heterocycles. The van der Waals surface area contributed by atoms with E-state index in [-0.39, 0.29) is 5.82 Å². The van der Waals surface area contributed by atoms with Gasteiger partial charge in [-0.05, 0) is 43.5 Å². The van der Waals surface area contributed by atoms with Crippen LogP contribution in [0.25, 0.3) is 0 Å². The van der Waals surface area contributed by atoms with Crippen LogP contribution in [0.3, 0.4) is 0 Å². The molecule has 0 radical (unpaired) electrons. The monoisotopic (exact) mass is 369 g/mol. The number of hydrogen-bond donors (Lipinski definition) is 0. The van der Waals surface area contributed by atoms with Gasteiger partial charge in [-0.3, -0.25) is 9.80 Å². The summed E-state index contributed by atoms with van der Waals surface area (Å²) in [5.74, 6) is 1.09. The Morgan fingerprint density at radius 1 is 0.963 bits per heavy atom. The summed E-state index contributed by atoms with van der Waals surface area (Å²) >= 11 is 0. The highest BCUT2D eigenvalue weighted by Gasteiger charge is 2.34. The van der Waals surface area contributed by atoms with Gasteiger partial charge in [0.25, 0.3) is 0 Å². The Morgan fingerprint density at radius 3 is 2.52 bits per heavy atom. The molecule has 3 aliphatic heterocycles. The van der Waals surface area contributed by atoms with Crippen LogP contribution >= 0.6 is 0 Å². The fourth-order valence-electron chi connectivity index (χ4n) is 4.73. The normalized spacial score (nSPS) is 21.9. The van der Waals surface area contributed by atoms with E-state index in [4.69, 9.17) is 0 Å². The van der Waals surface area contributed by atoms with Crippen LogP contribution in [0.5, 0.6) is 0 Å². The highest BCUT2D eigenvalue weighted by atomic mass is 19.1. The van der Waals surface area contributed by atoms with Crippen molar-refractivity contribution >= 4 is 5.69 Å². The number of imidazole rings is 1. The Bertz CT molecular complexity index is 772. The van der Waals surface area contributed by atoms with Gasteiger partial charge in [0, 0.05) is 69.4 Å². The second-order valence-corrected chi connectivity index (χ2v) is 8.12. The summed E-state index contributed by atoms with van der Waals surface area (Å²) in [6.45, 7) is 8.67. The van der Waals surface area contributed by atoms with Gasteiger partial charge in [-0.2, -0.15) is 0 Å². The van der Waals surface area contributed by atoms with Crippen molar-refractivity contribution in [3.8, 4) is 0 Å². The van der Waals surface area contributed by atoms with E-state index in [0.29, 0.717) is 6.04 Å². The molecule has 1 aromatic carbocycles. The number of benzene rings is 1. The lowest BCUT2D eigenvalue weighted by Crippen LogP contribution is -2.62. The predicted molar refractivity (Wildman–Crippen MR) is 104 cm³/mol. The Morgan fingerprint density at radius 2 is 1.74 bits per heavy atom. The van der Waals surface area contributed by atoms with Gasteiger partial charge in [0.1, 0.15) is 11.6 Å². The SMILES string of the molecule is Fc1ccc(N2CCN(C3CN(Cc4ncc5n4CCCC5)C3)CC2)cc1. The Kier molecular flexibility index (Phi) is 4.61. The standard InChI is InChI=1S/C21H28FN5/c22-17-4-6-18(7-5-17)25-9-11-26(12-10-25)20-14-24(15-20)16-21-23-13-19-3-1-2-8-27(19)21/h4-7,13,20H,1-3,8-12,14-16H2. The lowest BCUT2D eigenvalue weighted by molar-refractivity contribution is 0.0233. The molecule has 5 rings (SSSR count). The summed E-state index contributed by atoms with van der Waals surface area (Å²) in [5, 5.41) is 0. The zero-order valence-electron chi connectivity index (χ0n) is 15.9. The second kappa shape index (κ2) is 7.24. The van der Waals surface area contributed by atoms with Crippen molar-refractivity contribution in [2.45, 2.75) is 38.4 Å². The van der Waals surface area contributed by atoms with Gasteiger partial charge in [0.15, 0.2) is 0 Å². The molecular formula is C21H28FN5. The summed E-state index contributed by atoms with van der Waals surface area (Å²) in [4.78, 5) is 12.2. The maximum Gasteiger partial charge on any atom is 0.123 e. The average Bonchev–Trinajstić information content (AvgIpc) is 3.08. The minimum Gasteiger partial charge on any atom is -0.369 e. The lowest BCUT2D eigenvalue weighted by Gasteiger charge is -2.48. The molecule has 0 amide bonds. The van der Waals surface area contributed by atoms with Crippen LogP contribution in [-0.4, -0.2) is 64.7 Å². The summed E-state index contributed by atoms with van der Waals surface area (Å²) in [5.41, 5.74) is 2.56. The van der Waals surface area contributed by atoms with Crippen LogP contribution in [0.2, 0.25) is 0 Å². The molecule has 0 N–H and O–H groups in total. The summed E-state index contributed by atoms with van der Waals surface area (Å²) in [6.07, 6.45) is 5.87. The number of fused-ring (bicyclic) bond motifs is 1. The van der Waals surface area contributed by atoms with E-state index in [9.17, 15) is 4.39 Å². The molecule has 1 aromatic heterocycles. The number of piperazine rings is 1. The first-order chi connectivity index (χ1) is 13.3. The number of aromatic nitrogens is 2. The van der Waals surface area contributed by atoms with Crippen LogP contribution in [0.15, 0.2) is 30.5 Å². The fourth-order valence-corrected chi connectivity index (χ4v) is 4.73. The first kappa shape index (κ1) is 17.2. The van der Waals surface area contributed by atoms with Gasteiger partial charge in [-0.15, -0.1) is 0 Å². The second-order valence-electron chi connectivity index (χ2n) is 8.12. The number of halogens is 1. The van der Waals surface area contributed by atoms with E-state index in [2.05, 4.69) is 30.4 Å². The molecular weight excluding hydrogens is 341 g/mol. The molecule has 2 fully saturated rings. The first-order valence-electron chi connectivity index (χ1n) is 10.3. The van der Waals surface area contributed by atoms with E-state index in [0.717, 1.165) is 58.0 Å². The molecule has 27 heavy (non-hydrogen) atoms. The number of hydrogen-bond acceptors (Lipinski definition) is 4. The predicted octanol–water partition coefficient (Wildman–Crippen LogP) is 2.36. The number of nitrogens with zero attached hydrogens (tertiary/aromatic N) is 5. The highest BCUT2D eigenvalue weighted by molar-refractivity contribution is 5.46. The van der Waals surface area contributed by atoms with Crippen molar-refractivity contribution in [2.75, 3.05) is 44.2 Å². The van der Waals surface area contributed by atoms with E-state index >= 15 is 0 Å². The zero-order chi connectivity index (χ0) is 18.2. The van der Waals surface area contributed by atoms with Gasteiger partial charge in [-0.25, -0.2) is 9.37 Å². The van der Waals surface area contributed by atoms with Gasteiger partial charge in [0.05, 0.1) is 6.54 Å². The fraction of sp³-hybridized carbons (Fsp3) is 0.571. The minimum absolute atomic E-state index is 0.161. The third-order valence-corrected chi connectivity index (χ3v) is 6.41. The number of anilines is 1. The van der Waals surface area contributed by atoms with Crippen molar-refractivity contribution in [1.29, 1.82) is 0 Å². The summed E-state index contributed by atoms with van der Waals surface area (Å²) in [6, 6.07) is 7.57. The maximum atomic E-state index is 13.1. The van der Waals surface area contributed by atoms with E-state index in [1.165, 1.54) is 30.8 Å². The van der Waals surface area contributed by atoms with Gasteiger partial charge in [0.2, 0.25) is 0 Å². The molecule has 0 atom stereocenters.